The SMILES string of the molecule is CCNC(=NCc1c(F)cccc1OC(F)F)NCCn1cccc1.I. The predicted molar refractivity (Wildman–Crippen MR) is 106 cm³/mol. The summed E-state index contributed by atoms with van der Waals surface area (Å²) < 4.78 is 45.2. The smallest absolute Gasteiger partial charge is 0.387 e. The van der Waals surface area contributed by atoms with Gasteiger partial charge in [0.15, 0.2) is 5.96 Å². The van der Waals surface area contributed by atoms with Crippen LogP contribution in [0.15, 0.2) is 47.7 Å². The van der Waals surface area contributed by atoms with Gasteiger partial charge in [-0.3, -0.25) is 0 Å². The molecular formula is C17H22F3IN4O. The van der Waals surface area contributed by atoms with Crippen LogP contribution < -0.4 is 15.4 Å². The Morgan fingerprint density at radius 2 is 1.92 bits per heavy atom. The number of rotatable bonds is 8. The third kappa shape index (κ3) is 7.14. The lowest BCUT2D eigenvalue weighted by atomic mass is 10.2. The summed E-state index contributed by atoms with van der Waals surface area (Å²) in [5, 5.41) is 6.15. The van der Waals surface area contributed by atoms with E-state index in [4.69, 9.17) is 0 Å². The zero-order valence-corrected chi connectivity index (χ0v) is 16.6. The fourth-order valence-corrected chi connectivity index (χ4v) is 2.22. The van der Waals surface area contributed by atoms with E-state index in [0.717, 1.165) is 6.54 Å². The maximum absolute atomic E-state index is 13.9. The molecule has 0 aliphatic heterocycles. The highest BCUT2D eigenvalue weighted by Gasteiger charge is 2.13. The van der Waals surface area contributed by atoms with Crippen molar-refractivity contribution in [1.29, 1.82) is 0 Å². The molecule has 2 N–H and O–H groups in total. The Kier molecular flexibility index (Phi) is 9.92. The summed E-state index contributed by atoms with van der Waals surface area (Å²) in [6.07, 6.45) is 3.89. The van der Waals surface area contributed by atoms with Crippen molar-refractivity contribution in [2.45, 2.75) is 26.6 Å². The summed E-state index contributed by atoms with van der Waals surface area (Å²) in [5.74, 6) is -0.368. The Hall–Kier alpha value is -1.91. The van der Waals surface area contributed by atoms with Crippen molar-refractivity contribution in [2.24, 2.45) is 4.99 Å². The van der Waals surface area contributed by atoms with Crippen LogP contribution in [0, 0.1) is 5.82 Å². The second-order valence-electron chi connectivity index (χ2n) is 5.14. The van der Waals surface area contributed by atoms with E-state index >= 15 is 0 Å². The van der Waals surface area contributed by atoms with E-state index in [2.05, 4.69) is 20.4 Å². The quantitative estimate of drug-likeness (QED) is 0.344. The Morgan fingerprint density at radius 1 is 1.19 bits per heavy atom. The highest BCUT2D eigenvalue weighted by molar-refractivity contribution is 14.0. The molecule has 5 nitrogen and oxygen atoms in total. The summed E-state index contributed by atoms with van der Waals surface area (Å²) in [5.41, 5.74) is -0.00888. The number of nitrogens with zero attached hydrogens (tertiary/aromatic N) is 2. The van der Waals surface area contributed by atoms with Crippen LogP contribution in [0.5, 0.6) is 5.75 Å². The minimum absolute atomic E-state index is 0. The van der Waals surface area contributed by atoms with Crippen molar-refractivity contribution in [3.05, 3.63) is 54.1 Å². The van der Waals surface area contributed by atoms with Crippen LogP contribution in [0.3, 0.4) is 0 Å². The van der Waals surface area contributed by atoms with Gasteiger partial charge in [-0.05, 0) is 31.2 Å². The van der Waals surface area contributed by atoms with Gasteiger partial charge in [0.1, 0.15) is 11.6 Å². The van der Waals surface area contributed by atoms with E-state index < -0.39 is 12.4 Å². The van der Waals surface area contributed by atoms with E-state index in [9.17, 15) is 13.2 Å². The van der Waals surface area contributed by atoms with Crippen LogP contribution >= 0.6 is 24.0 Å². The minimum Gasteiger partial charge on any atom is -0.434 e. The molecule has 0 unspecified atom stereocenters. The molecule has 0 saturated carbocycles. The molecule has 0 fully saturated rings. The third-order valence-electron chi connectivity index (χ3n) is 3.36. The van der Waals surface area contributed by atoms with Gasteiger partial charge in [-0.25, -0.2) is 9.38 Å². The van der Waals surface area contributed by atoms with Crippen molar-refractivity contribution < 1.29 is 17.9 Å². The second-order valence-corrected chi connectivity index (χ2v) is 5.14. The lowest BCUT2D eigenvalue weighted by molar-refractivity contribution is -0.0506. The van der Waals surface area contributed by atoms with Crippen LogP contribution in [0.2, 0.25) is 0 Å². The monoisotopic (exact) mass is 482 g/mol. The molecule has 0 bridgehead atoms. The first-order valence-corrected chi connectivity index (χ1v) is 7.95. The number of hydrogen-bond acceptors (Lipinski definition) is 2. The largest absolute Gasteiger partial charge is 0.434 e. The van der Waals surface area contributed by atoms with Crippen molar-refractivity contribution in [3.63, 3.8) is 0 Å². The van der Waals surface area contributed by atoms with Gasteiger partial charge in [-0.15, -0.1) is 24.0 Å². The van der Waals surface area contributed by atoms with Gasteiger partial charge < -0.3 is 19.9 Å². The molecule has 1 heterocycles. The standard InChI is InChI=1S/C17H21F3N4O.HI/c1-2-21-17(22-8-11-24-9-3-4-10-24)23-12-13-14(18)6-5-7-15(13)25-16(19)20;/h3-7,9-10,16H,2,8,11-12H2,1H3,(H2,21,22,23);1H. The Bertz CT molecular complexity index is 681. The number of halogens is 4. The number of aliphatic imine (C=N–C) groups is 1. The van der Waals surface area contributed by atoms with Crippen LogP contribution in [0.4, 0.5) is 13.2 Å². The fourth-order valence-electron chi connectivity index (χ4n) is 2.22. The molecule has 0 aliphatic rings. The van der Waals surface area contributed by atoms with Gasteiger partial charge in [0.2, 0.25) is 0 Å². The number of benzene rings is 1. The van der Waals surface area contributed by atoms with E-state index in [-0.39, 0.29) is 41.8 Å². The maximum Gasteiger partial charge on any atom is 0.387 e. The lowest BCUT2D eigenvalue weighted by Crippen LogP contribution is -2.38. The molecule has 0 saturated heterocycles. The number of guanidine groups is 1. The number of ether oxygens (including phenoxy) is 1. The van der Waals surface area contributed by atoms with E-state index in [1.165, 1.54) is 18.2 Å². The summed E-state index contributed by atoms with van der Waals surface area (Å²) >= 11 is 0. The highest BCUT2D eigenvalue weighted by Crippen LogP contribution is 2.24. The number of hydrogen-bond donors (Lipinski definition) is 2. The summed E-state index contributed by atoms with van der Waals surface area (Å²) in [6, 6.07) is 7.67. The van der Waals surface area contributed by atoms with Gasteiger partial charge in [-0.2, -0.15) is 8.78 Å². The molecule has 0 amide bonds. The third-order valence-corrected chi connectivity index (χ3v) is 3.36. The second kappa shape index (κ2) is 11.7. The molecule has 1 aromatic carbocycles. The van der Waals surface area contributed by atoms with Gasteiger partial charge in [0.25, 0.3) is 0 Å². The fraction of sp³-hybridized carbons (Fsp3) is 0.353. The summed E-state index contributed by atoms with van der Waals surface area (Å²) in [7, 11) is 0. The first-order chi connectivity index (χ1) is 12.1. The normalized spacial score (nSPS) is 11.2. The maximum atomic E-state index is 13.9. The number of nitrogens with one attached hydrogen (secondary N) is 2. The Labute approximate surface area is 167 Å². The van der Waals surface area contributed by atoms with Crippen molar-refractivity contribution >= 4 is 29.9 Å². The summed E-state index contributed by atoms with van der Waals surface area (Å²) in [4.78, 5) is 4.25. The molecule has 0 radical (unpaired) electrons. The van der Waals surface area contributed by atoms with Crippen LogP contribution in [0.1, 0.15) is 12.5 Å². The van der Waals surface area contributed by atoms with E-state index in [1.807, 2.05) is 36.0 Å². The predicted octanol–water partition coefficient (Wildman–Crippen LogP) is 3.60. The molecule has 0 aliphatic carbocycles. The average Bonchev–Trinajstić information content (AvgIpc) is 3.07. The van der Waals surface area contributed by atoms with Crippen molar-refractivity contribution in [2.75, 3.05) is 13.1 Å². The molecular weight excluding hydrogens is 460 g/mol. The first kappa shape index (κ1) is 22.1. The first-order valence-electron chi connectivity index (χ1n) is 7.95. The summed E-state index contributed by atoms with van der Waals surface area (Å²) in [6.45, 7) is 0.727. The average molecular weight is 482 g/mol. The van der Waals surface area contributed by atoms with E-state index in [0.29, 0.717) is 19.0 Å². The molecule has 9 heteroatoms. The van der Waals surface area contributed by atoms with Gasteiger partial charge in [-0.1, -0.05) is 6.07 Å². The van der Waals surface area contributed by atoms with Gasteiger partial charge in [0, 0.05) is 32.0 Å². The number of alkyl halides is 2. The lowest BCUT2D eigenvalue weighted by Gasteiger charge is -2.13. The molecule has 2 aromatic rings. The zero-order valence-electron chi connectivity index (χ0n) is 14.3. The highest BCUT2D eigenvalue weighted by atomic mass is 127. The van der Waals surface area contributed by atoms with E-state index in [1.54, 1.807) is 0 Å². The van der Waals surface area contributed by atoms with Gasteiger partial charge in [0.05, 0.1) is 12.1 Å². The van der Waals surface area contributed by atoms with Crippen LogP contribution in [0.25, 0.3) is 0 Å². The van der Waals surface area contributed by atoms with Crippen LogP contribution in [-0.4, -0.2) is 30.2 Å². The van der Waals surface area contributed by atoms with Crippen LogP contribution in [-0.2, 0) is 13.1 Å². The topological polar surface area (TPSA) is 50.6 Å². The molecule has 1 aromatic heterocycles. The zero-order chi connectivity index (χ0) is 18.1. The molecule has 0 atom stereocenters. The number of aromatic nitrogens is 1. The molecule has 144 valence electrons. The van der Waals surface area contributed by atoms with Crippen molar-refractivity contribution in [1.82, 2.24) is 15.2 Å². The molecule has 2 rings (SSSR count). The Balaban J connectivity index is 0.00000338. The molecule has 0 spiro atoms. The van der Waals surface area contributed by atoms with Crippen molar-refractivity contribution in [3.8, 4) is 5.75 Å². The van der Waals surface area contributed by atoms with Gasteiger partial charge >= 0.3 is 6.61 Å². The Morgan fingerprint density at radius 3 is 2.58 bits per heavy atom. The molecule has 26 heavy (non-hydrogen) atoms. The minimum atomic E-state index is -3.02.